The molecule has 1 fully saturated rings. The summed E-state index contributed by atoms with van der Waals surface area (Å²) in [6.07, 6.45) is 0.894. The first kappa shape index (κ1) is 16.5. The lowest BCUT2D eigenvalue weighted by molar-refractivity contribution is 0.194. The molecule has 4 rings (SSSR count). The molecule has 2 aromatic carbocycles. The number of rotatable bonds is 3. The Kier molecular flexibility index (Phi) is 4.52. The SMILES string of the molecule is C=C1Cc2cc(N3CCN(C(=O)NCc4ccccc4)CC3)ccc2N1. The van der Waals surface area contributed by atoms with Crippen LogP contribution in [0.25, 0.3) is 0 Å². The molecule has 1 saturated heterocycles. The monoisotopic (exact) mass is 348 g/mol. The lowest BCUT2D eigenvalue weighted by Crippen LogP contribution is -2.51. The number of amides is 2. The molecule has 2 heterocycles. The van der Waals surface area contributed by atoms with E-state index in [0.717, 1.165) is 49.5 Å². The number of nitrogens with zero attached hydrogens (tertiary/aromatic N) is 2. The normalized spacial score (nSPS) is 16.2. The molecule has 2 aliphatic rings. The summed E-state index contributed by atoms with van der Waals surface area (Å²) in [6, 6.07) is 16.5. The third-order valence-electron chi connectivity index (χ3n) is 5.02. The van der Waals surface area contributed by atoms with Crippen LogP contribution in [-0.2, 0) is 13.0 Å². The Bertz CT molecular complexity index is 810. The molecule has 134 valence electrons. The van der Waals surface area contributed by atoms with Gasteiger partial charge in [0.15, 0.2) is 0 Å². The zero-order valence-electron chi connectivity index (χ0n) is 14.9. The highest BCUT2D eigenvalue weighted by molar-refractivity contribution is 5.74. The molecule has 5 heteroatoms. The minimum absolute atomic E-state index is 0.0166. The zero-order chi connectivity index (χ0) is 17.9. The summed E-state index contributed by atoms with van der Waals surface area (Å²) >= 11 is 0. The van der Waals surface area contributed by atoms with E-state index >= 15 is 0 Å². The van der Waals surface area contributed by atoms with Crippen LogP contribution in [0.5, 0.6) is 0 Å². The average molecular weight is 348 g/mol. The number of fused-ring (bicyclic) bond motifs is 1. The van der Waals surface area contributed by atoms with Gasteiger partial charge in [0, 0.05) is 56.2 Å². The Hall–Kier alpha value is -2.95. The maximum atomic E-state index is 12.4. The van der Waals surface area contributed by atoms with Crippen LogP contribution in [0.15, 0.2) is 60.8 Å². The van der Waals surface area contributed by atoms with E-state index in [1.54, 1.807) is 0 Å². The minimum Gasteiger partial charge on any atom is -0.368 e. The molecule has 0 aliphatic carbocycles. The van der Waals surface area contributed by atoms with Gasteiger partial charge >= 0.3 is 6.03 Å². The molecule has 0 spiro atoms. The number of piperazine rings is 1. The van der Waals surface area contributed by atoms with E-state index in [9.17, 15) is 4.79 Å². The standard InChI is InChI=1S/C21H24N4O/c1-16-13-18-14-19(7-8-20(18)23-16)24-9-11-25(12-10-24)21(26)22-15-17-5-3-2-4-6-17/h2-8,14,23H,1,9-13,15H2,(H,22,26). The Morgan fingerprint density at radius 3 is 2.62 bits per heavy atom. The lowest BCUT2D eigenvalue weighted by Gasteiger charge is -2.36. The van der Waals surface area contributed by atoms with Crippen LogP contribution >= 0.6 is 0 Å². The molecule has 0 atom stereocenters. The van der Waals surface area contributed by atoms with Crippen molar-refractivity contribution in [3.63, 3.8) is 0 Å². The molecule has 0 bridgehead atoms. The molecule has 2 aromatic rings. The molecule has 2 N–H and O–H groups in total. The van der Waals surface area contributed by atoms with Gasteiger partial charge in [0.2, 0.25) is 0 Å². The molecule has 0 radical (unpaired) electrons. The van der Waals surface area contributed by atoms with E-state index in [2.05, 4.69) is 40.3 Å². The maximum Gasteiger partial charge on any atom is 0.317 e. The second-order valence-corrected chi connectivity index (χ2v) is 6.87. The van der Waals surface area contributed by atoms with E-state index in [4.69, 9.17) is 0 Å². The predicted octanol–water partition coefficient (Wildman–Crippen LogP) is 3.20. The number of anilines is 2. The van der Waals surface area contributed by atoms with Crippen molar-refractivity contribution >= 4 is 17.4 Å². The van der Waals surface area contributed by atoms with Crippen LogP contribution in [0.4, 0.5) is 16.2 Å². The van der Waals surface area contributed by atoms with Gasteiger partial charge in [0.05, 0.1) is 0 Å². The van der Waals surface area contributed by atoms with E-state index in [0.29, 0.717) is 6.54 Å². The summed E-state index contributed by atoms with van der Waals surface area (Å²) in [5, 5.41) is 6.32. The summed E-state index contributed by atoms with van der Waals surface area (Å²) in [7, 11) is 0. The van der Waals surface area contributed by atoms with Crippen LogP contribution in [-0.4, -0.2) is 37.1 Å². The number of urea groups is 1. The fourth-order valence-corrected chi connectivity index (χ4v) is 3.56. The first-order chi connectivity index (χ1) is 12.7. The van der Waals surface area contributed by atoms with Crippen LogP contribution in [0, 0.1) is 0 Å². The number of carbonyl (C=O) groups excluding carboxylic acids is 1. The number of benzene rings is 2. The Labute approximate surface area is 154 Å². The molecule has 26 heavy (non-hydrogen) atoms. The molecular formula is C21H24N4O. The van der Waals surface area contributed by atoms with Crippen molar-refractivity contribution in [2.75, 3.05) is 36.4 Å². The minimum atomic E-state index is 0.0166. The molecule has 5 nitrogen and oxygen atoms in total. The van der Waals surface area contributed by atoms with Gasteiger partial charge in [-0.25, -0.2) is 4.79 Å². The van der Waals surface area contributed by atoms with Crippen LogP contribution < -0.4 is 15.5 Å². The highest BCUT2D eigenvalue weighted by Gasteiger charge is 2.22. The smallest absolute Gasteiger partial charge is 0.317 e. The van der Waals surface area contributed by atoms with Gasteiger partial charge in [0.1, 0.15) is 0 Å². The first-order valence-corrected chi connectivity index (χ1v) is 9.08. The lowest BCUT2D eigenvalue weighted by atomic mass is 10.1. The van der Waals surface area contributed by atoms with Crippen molar-refractivity contribution in [2.45, 2.75) is 13.0 Å². The maximum absolute atomic E-state index is 12.4. The van der Waals surface area contributed by atoms with E-state index in [1.807, 2.05) is 35.2 Å². The van der Waals surface area contributed by atoms with E-state index < -0.39 is 0 Å². The predicted molar refractivity (Wildman–Crippen MR) is 105 cm³/mol. The summed E-state index contributed by atoms with van der Waals surface area (Å²) < 4.78 is 0. The topological polar surface area (TPSA) is 47.6 Å². The largest absolute Gasteiger partial charge is 0.368 e. The van der Waals surface area contributed by atoms with E-state index in [1.165, 1.54) is 11.3 Å². The number of nitrogens with one attached hydrogen (secondary N) is 2. The molecular weight excluding hydrogens is 324 g/mol. The van der Waals surface area contributed by atoms with Gasteiger partial charge in [-0.05, 0) is 29.3 Å². The van der Waals surface area contributed by atoms with Crippen LogP contribution in [0.3, 0.4) is 0 Å². The second kappa shape index (κ2) is 7.12. The van der Waals surface area contributed by atoms with Gasteiger partial charge < -0.3 is 20.4 Å². The Balaban J connectivity index is 1.31. The molecule has 0 saturated carbocycles. The Morgan fingerprint density at radius 2 is 1.85 bits per heavy atom. The van der Waals surface area contributed by atoms with Crippen molar-refractivity contribution in [3.05, 3.63) is 71.9 Å². The quantitative estimate of drug-likeness (QED) is 0.895. The van der Waals surface area contributed by atoms with Crippen molar-refractivity contribution in [1.29, 1.82) is 0 Å². The second-order valence-electron chi connectivity index (χ2n) is 6.87. The summed E-state index contributed by atoms with van der Waals surface area (Å²) in [6.45, 7) is 7.76. The summed E-state index contributed by atoms with van der Waals surface area (Å²) in [5.41, 5.74) is 5.86. The summed E-state index contributed by atoms with van der Waals surface area (Å²) in [4.78, 5) is 16.6. The number of allylic oxidation sites excluding steroid dienone is 1. The summed E-state index contributed by atoms with van der Waals surface area (Å²) in [5.74, 6) is 0. The zero-order valence-corrected chi connectivity index (χ0v) is 14.9. The van der Waals surface area contributed by atoms with Gasteiger partial charge in [-0.3, -0.25) is 0 Å². The van der Waals surface area contributed by atoms with Gasteiger partial charge in [-0.1, -0.05) is 36.9 Å². The van der Waals surface area contributed by atoms with Gasteiger partial charge in [-0.2, -0.15) is 0 Å². The molecule has 0 aromatic heterocycles. The molecule has 2 aliphatic heterocycles. The van der Waals surface area contributed by atoms with Crippen molar-refractivity contribution in [1.82, 2.24) is 10.2 Å². The van der Waals surface area contributed by atoms with Crippen molar-refractivity contribution < 1.29 is 4.79 Å². The average Bonchev–Trinajstić information content (AvgIpc) is 3.06. The number of hydrogen-bond acceptors (Lipinski definition) is 3. The van der Waals surface area contributed by atoms with Gasteiger partial charge in [0.25, 0.3) is 0 Å². The van der Waals surface area contributed by atoms with Gasteiger partial charge in [-0.15, -0.1) is 0 Å². The highest BCUT2D eigenvalue weighted by atomic mass is 16.2. The van der Waals surface area contributed by atoms with Crippen molar-refractivity contribution in [3.8, 4) is 0 Å². The third kappa shape index (κ3) is 3.52. The van der Waals surface area contributed by atoms with Crippen LogP contribution in [0.2, 0.25) is 0 Å². The molecule has 0 unspecified atom stereocenters. The fraction of sp³-hybridized carbons (Fsp3) is 0.286. The highest BCUT2D eigenvalue weighted by Crippen LogP contribution is 2.31. The van der Waals surface area contributed by atoms with Crippen LogP contribution in [0.1, 0.15) is 11.1 Å². The number of hydrogen-bond donors (Lipinski definition) is 2. The fourth-order valence-electron chi connectivity index (χ4n) is 3.56. The molecule has 2 amide bonds. The number of carbonyl (C=O) groups is 1. The Morgan fingerprint density at radius 1 is 1.08 bits per heavy atom. The van der Waals surface area contributed by atoms with Crippen molar-refractivity contribution in [2.24, 2.45) is 0 Å². The van der Waals surface area contributed by atoms with E-state index in [-0.39, 0.29) is 6.03 Å². The third-order valence-corrected chi connectivity index (χ3v) is 5.02. The first-order valence-electron chi connectivity index (χ1n) is 9.08.